The molecule has 1 aromatic heterocycles. The molecule has 0 saturated carbocycles. The van der Waals surface area contributed by atoms with Gasteiger partial charge in [-0.05, 0) is 44.9 Å². The van der Waals surface area contributed by atoms with E-state index in [1.165, 1.54) is 25.8 Å². The van der Waals surface area contributed by atoms with Crippen molar-refractivity contribution in [3.8, 4) is 6.07 Å². The maximum atomic E-state index is 8.89. The Balaban J connectivity index is 1.76. The first-order valence-electron chi connectivity index (χ1n) is 7.24. The summed E-state index contributed by atoms with van der Waals surface area (Å²) in [5, 5.41) is 12.5. The molecule has 1 fully saturated rings. The van der Waals surface area contributed by atoms with Gasteiger partial charge in [0, 0.05) is 19.1 Å². The Labute approximate surface area is 125 Å². The van der Waals surface area contributed by atoms with Crippen molar-refractivity contribution in [3.63, 3.8) is 0 Å². The molecule has 5 heteroatoms. The first kappa shape index (κ1) is 15.1. The molecule has 1 unspecified atom stereocenters. The summed E-state index contributed by atoms with van der Waals surface area (Å²) in [5.41, 5.74) is 0.539. The Hall–Kier alpha value is -1.31. The number of nitrogens with one attached hydrogen (secondary N) is 1. The molecule has 0 bridgehead atoms. The van der Waals surface area contributed by atoms with Gasteiger partial charge in [0.25, 0.3) is 0 Å². The Morgan fingerprint density at radius 3 is 3.10 bits per heavy atom. The summed E-state index contributed by atoms with van der Waals surface area (Å²) < 4.78 is 0. The van der Waals surface area contributed by atoms with Gasteiger partial charge in [-0.25, -0.2) is 4.98 Å². The lowest BCUT2D eigenvalue weighted by Crippen LogP contribution is -2.38. The highest BCUT2D eigenvalue weighted by molar-refractivity contribution is 6.29. The Kier molecular flexibility index (Phi) is 5.63. The molecule has 0 aliphatic carbocycles. The van der Waals surface area contributed by atoms with Gasteiger partial charge < -0.3 is 10.2 Å². The smallest absolute Gasteiger partial charge is 0.132 e. The number of hydrogen-bond donors (Lipinski definition) is 1. The monoisotopic (exact) mass is 292 g/mol. The molecule has 4 nitrogen and oxygen atoms in total. The molecule has 108 valence electrons. The predicted molar refractivity (Wildman–Crippen MR) is 82.0 cm³/mol. The molecule has 1 atom stereocenters. The number of anilines is 1. The van der Waals surface area contributed by atoms with Crippen LogP contribution in [0.25, 0.3) is 0 Å². The second-order valence-corrected chi connectivity index (χ2v) is 5.72. The summed E-state index contributed by atoms with van der Waals surface area (Å²) in [6.45, 7) is 5.49. The molecule has 20 heavy (non-hydrogen) atoms. The highest BCUT2D eigenvalue weighted by Gasteiger charge is 2.16. The van der Waals surface area contributed by atoms with E-state index in [0.29, 0.717) is 22.6 Å². The van der Waals surface area contributed by atoms with Gasteiger partial charge in [0.1, 0.15) is 11.0 Å². The van der Waals surface area contributed by atoms with E-state index in [0.717, 1.165) is 19.5 Å². The van der Waals surface area contributed by atoms with Crippen molar-refractivity contribution in [2.75, 3.05) is 25.0 Å². The number of nitriles is 1. The molecule has 1 aromatic rings. The van der Waals surface area contributed by atoms with E-state index in [1.54, 1.807) is 12.1 Å². The Morgan fingerprint density at radius 2 is 2.35 bits per heavy atom. The molecule has 1 aliphatic heterocycles. The lowest BCUT2D eigenvalue weighted by Gasteiger charge is -2.33. The average molecular weight is 293 g/mol. The highest BCUT2D eigenvalue weighted by atomic mass is 35.5. The molecule has 1 aliphatic rings. The number of nitrogens with zero attached hydrogens (tertiary/aromatic N) is 3. The zero-order valence-electron chi connectivity index (χ0n) is 11.9. The van der Waals surface area contributed by atoms with Crippen LogP contribution in [0.15, 0.2) is 12.1 Å². The van der Waals surface area contributed by atoms with E-state index >= 15 is 0 Å². The maximum Gasteiger partial charge on any atom is 0.132 e. The minimum atomic E-state index is 0.358. The van der Waals surface area contributed by atoms with Crippen LogP contribution in [-0.4, -0.2) is 35.6 Å². The van der Waals surface area contributed by atoms with Crippen LogP contribution in [0.1, 0.15) is 38.2 Å². The number of aromatic nitrogens is 1. The Morgan fingerprint density at radius 1 is 1.50 bits per heavy atom. The summed E-state index contributed by atoms with van der Waals surface area (Å²) in [6.07, 6.45) is 5.06. The van der Waals surface area contributed by atoms with Crippen molar-refractivity contribution in [1.82, 2.24) is 9.88 Å². The van der Waals surface area contributed by atoms with Crippen molar-refractivity contribution < 1.29 is 0 Å². The normalized spacial score (nSPS) is 19.6. The van der Waals surface area contributed by atoms with Crippen LogP contribution in [-0.2, 0) is 0 Å². The van der Waals surface area contributed by atoms with Gasteiger partial charge in [-0.2, -0.15) is 5.26 Å². The third-order valence-corrected chi connectivity index (χ3v) is 3.99. The fourth-order valence-electron chi connectivity index (χ4n) is 2.64. The van der Waals surface area contributed by atoms with E-state index in [1.807, 2.05) is 0 Å². The number of piperidine rings is 1. The number of likely N-dealkylation sites (tertiary alicyclic amines) is 1. The van der Waals surface area contributed by atoms with Crippen molar-refractivity contribution in [3.05, 3.63) is 22.8 Å². The number of pyridine rings is 1. The van der Waals surface area contributed by atoms with Crippen molar-refractivity contribution in [2.45, 2.75) is 38.6 Å². The lowest BCUT2D eigenvalue weighted by atomic mass is 10.0. The Bertz CT molecular complexity index is 483. The minimum Gasteiger partial charge on any atom is -0.370 e. The summed E-state index contributed by atoms with van der Waals surface area (Å²) in [5.74, 6) is 0.681. The van der Waals surface area contributed by atoms with E-state index in [2.05, 4.69) is 28.2 Å². The highest BCUT2D eigenvalue weighted by Crippen LogP contribution is 2.17. The van der Waals surface area contributed by atoms with E-state index in [9.17, 15) is 0 Å². The second kappa shape index (κ2) is 7.47. The molecule has 2 rings (SSSR count). The van der Waals surface area contributed by atoms with Gasteiger partial charge in [0.2, 0.25) is 0 Å². The quantitative estimate of drug-likeness (QED) is 0.668. The van der Waals surface area contributed by atoms with Gasteiger partial charge >= 0.3 is 0 Å². The second-order valence-electron chi connectivity index (χ2n) is 5.34. The van der Waals surface area contributed by atoms with Gasteiger partial charge in [-0.3, -0.25) is 0 Å². The first-order chi connectivity index (χ1) is 9.69. The third-order valence-electron chi connectivity index (χ3n) is 3.79. The first-order valence-corrected chi connectivity index (χ1v) is 7.62. The van der Waals surface area contributed by atoms with Crippen LogP contribution in [0.2, 0.25) is 5.15 Å². The molecule has 0 spiro atoms. The summed E-state index contributed by atoms with van der Waals surface area (Å²) >= 11 is 5.87. The minimum absolute atomic E-state index is 0.358. The fourth-order valence-corrected chi connectivity index (χ4v) is 2.85. The van der Waals surface area contributed by atoms with Gasteiger partial charge in [-0.15, -0.1) is 0 Å². The summed E-state index contributed by atoms with van der Waals surface area (Å²) in [6, 6.07) is 6.09. The molecule has 0 radical (unpaired) electrons. The van der Waals surface area contributed by atoms with Crippen molar-refractivity contribution in [2.24, 2.45) is 0 Å². The predicted octanol–water partition coefficient (Wildman–Crippen LogP) is 3.28. The topological polar surface area (TPSA) is 52.0 Å². The number of halogens is 1. The average Bonchev–Trinajstić information content (AvgIpc) is 2.44. The van der Waals surface area contributed by atoms with Crippen LogP contribution in [0.4, 0.5) is 5.82 Å². The third kappa shape index (κ3) is 4.36. The SMILES string of the molecule is CC1CCCCN1CCCNc1cc(C#N)cc(Cl)n1. The van der Waals surface area contributed by atoms with Crippen LogP contribution >= 0.6 is 11.6 Å². The lowest BCUT2D eigenvalue weighted by molar-refractivity contribution is 0.160. The number of rotatable bonds is 5. The standard InChI is InChI=1S/C15H21ClN4/c1-12-5-2-3-7-20(12)8-4-6-18-15-10-13(11-17)9-14(16)19-15/h9-10,12H,2-8H2,1H3,(H,18,19). The van der Waals surface area contributed by atoms with Crippen LogP contribution in [0.3, 0.4) is 0 Å². The van der Waals surface area contributed by atoms with Crippen molar-refractivity contribution in [1.29, 1.82) is 5.26 Å². The molecule has 1 saturated heterocycles. The fraction of sp³-hybridized carbons (Fsp3) is 0.600. The van der Waals surface area contributed by atoms with Crippen LogP contribution in [0.5, 0.6) is 0 Å². The van der Waals surface area contributed by atoms with Crippen LogP contribution < -0.4 is 5.32 Å². The van der Waals surface area contributed by atoms with E-state index in [4.69, 9.17) is 16.9 Å². The molecule has 2 heterocycles. The zero-order chi connectivity index (χ0) is 14.4. The van der Waals surface area contributed by atoms with Crippen LogP contribution in [0, 0.1) is 11.3 Å². The molecular weight excluding hydrogens is 272 g/mol. The van der Waals surface area contributed by atoms with Gasteiger partial charge in [0.05, 0.1) is 11.6 Å². The maximum absolute atomic E-state index is 8.89. The van der Waals surface area contributed by atoms with Gasteiger partial charge in [0.15, 0.2) is 0 Å². The largest absolute Gasteiger partial charge is 0.370 e. The molecule has 0 aromatic carbocycles. The summed E-state index contributed by atoms with van der Waals surface area (Å²) in [7, 11) is 0. The van der Waals surface area contributed by atoms with E-state index < -0.39 is 0 Å². The summed E-state index contributed by atoms with van der Waals surface area (Å²) in [4.78, 5) is 6.72. The molecular formula is C15H21ClN4. The zero-order valence-corrected chi connectivity index (χ0v) is 12.7. The van der Waals surface area contributed by atoms with E-state index in [-0.39, 0.29) is 0 Å². The molecule has 0 amide bonds. The molecule has 1 N–H and O–H groups in total. The van der Waals surface area contributed by atoms with Crippen molar-refractivity contribution >= 4 is 17.4 Å². The number of hydrogen-bond acceptors (Lipinski definition) is 4. The van der Waals surface area contributed by atoms with Gasteiger partial charge in [-0.1, -0.05) is 18.0 Å².